The van der Waals surface area contributed by atoms with Gasteiger partial charge in [0, 0.05) is 28.7 Å². The summed E-state index contributed by atoms with van der Waals surface area (Å²) in [7, 11) is 0. The Kier molecular flexibility index (Phi) is 5.33. The largest absolute Gasteiger partial charge is 0.379 e. The van der Waals surface area contributed by atoms with Gasteiger partial charge in [0.1, 0.15) is 0 Å². The molecule has 0 bridgehead atoms. The van der Waals surface area contributed by atoms with E-state index in [9.17, 15) is 14.7 Å². The summed E-state index contributed by atoms with van der Waals surface area (Å²) in [4.78, 5) is 29.8. The molecule has 6 nitrogen and oxygen atoms in total. The molecule has 2 aromatic rings. The highest BCUT2D eigenvalue weighted by Gasteiger charge is 2.51. The van der Waals surface area contributed by atoms with Gasteiger partial charge in [0.2, 0.25) is 0 Å². The number of carbonyl (C=O) groups is 2. The lowest BCUT2D eigenvalue weighted by molar-refractivity contribution is -0.136. The van der Waals surface area contributed by atoms with Gasteiger partial charge in [-0.05, 0) is 18.2 Å². The minimum atomic E-state index is -1.86. The number of amides is 1. The van der Waals surface area contributed by atoms with Gasteiger partial charge in [-0.2, -0.15) is 0 Å². The van der Waals surface area contributed by atoms with Gasteiger partial charge >= 0.3 is 0 Å². The summed E-state index contributed by atoms with van der Waals surface area (Å²) in [5, 5.41) is 11.3. The second-order valence-electron chi connectivity index (χ2n) is 7.09. The van der Waals surface area contributed by atoms with E-state index in [1.807, 2.05) is 18.2 Å². The lowest BCUT2D eigenvalue weighted by Crippen LogP contribution is -2.49. The number of ether oxygens (including phenoxy) is 1. The number of rotatable bonds is 5. The van der Waals surface area contributed by atoms with E-state index in [4.69, 9.17) is 4.74 Å². The average Bonchev–Trinajstić information content (AvgIpc) is 2.91. The molecule has 1 N–H and O–H groups in total. The van der Waals surface area contributed by atoms with Crippen molar-refractivity contribution in [2.24, 2.45) is 0 Å². The molecule has 2 aliphatic rings. The zero-order chi connectivity index (χ0) is 19.7. The molecule has 28 heavy (non-hydrogen) atoms. The second kappa shape index (κ2) is 7.75. The minimum Gasteiger partial charge on any atom is -0.379 e. The highest BCUT2D eigenvalue weighted by Crippen LogP contribution is 2.43. The standard InChI is InChI=1S/C21H21BrN2O4/c22-16-5-3-4-15(12-16)19(25)13-21(27)17-6-1-2-7-18(17)24(20(21)26)14-23-8-10-28-11-9-23/h1-7,12,27H,8-11,13-14H2. The van der Waals surface area contributed by atoms with E-state index in [1.54, 1.807) is 35.2 Å². The fraction of sp³-hybridized carbons (Fsp3) is 0.333. The van der Waals surface area contributed by atoms with Gasteiger partial charge in [0.15, 0.2) is 11.4 Å². The maximum Gasteiger partial charge on any atom is 0.265 e. The first-order valence-corrected chi connectivity index (χ1v) is 10.0. The van der Waals surface area contributed by atoms with E-state index in [1.165, 1.54) is 0 Å². The van der Waals surface area contributed by atoms with Crippen molar-refractivity contribution in [1.82, 2.24) is 4.90 Å². The van der Waals surface area contributed by atoms with Gasteiger partial charge in [-0.15, -0.1) is 0 Å². The Balaban J connectivity index is 1.62. The van der Waals surface area contributed by atoms with Crippen LogP contribution in [-0.4, -0.2) is 54.7 Å². The monoisotopic (exact) mass is 444 g/mol. The molecule has 0 radical (unpaired) electrons. The van der Waals surface area contributed by atoms with Crippen molar-refractivity contribution in [1.29, 1.82) is 0 Å². The van der Waals surface area contributed by atoms with E-state index in [0.29, 0.717) is 36.7 Å². The molecule has 1 saturated heterocycles. The Morgan fingerprint density at radius 1 is 1.14 bits per heavy atom. The van der Waals surface area contributed by atoms with Crippen molar-refractivity contribution in [3.05, 3.63) is 64.1 Å². The maximum atomic E-state index is 13.2. The number of para-hydroxylation sites is 1. The highest BCUT2D eigenvalue weighted by atomic mass is 79.9. The molecule has 4 rings (SSSR count). The Morgan fingerprint density at radius 2 is 1.89 bits per heavy atom. The van der Waals surface area contributed by atoms with Gasteiger partial charge < -0.3 is 9.84 Å². The number of halogens is 1. The van der Waals surface area contributed by atoms with Crippen LogP contribution in [-0.2, 0) is 15.1 Å². The third-order valence-electron chi connectivity index (χ3n) is 5.25. The van der Waals surface area contributed by atoms with Gasteiger partial charge in [0.05, 0.1) is 32.0 Å². The third-order valence-corrected chi connectivity index (χ3v) is 5.74. The highest BCUT2D eigenvalue weighted by molar-refractivity contribution is 9.10. The van der Waals surface area contributed by atoms with Crippen LogP contribution in [0.15, 0.2) is 53.0 Å². The minimum absolute atomic E-state index is 0.278. The Labute approximate surface area is 171 Å². The van der Waals surface area contributed by atoms with Crippen molar-refractivity contribution in [2.45, 2.75) is 12.0 Å². The first-order chi connectivity index (χ1) is 13.5. The van der Waals surface area contributed by atoms with E-state index in [-0.39, 0.29) is 12.2 Å². The smallest absolute Gasteiger partial charge is 0.265 e. The number of benzene rings is 2. The molecule has 7 heteroatoms. The summed E-state index contributed by atoms with van der Waals surface area (Å²) < 4.78 is 6.15. The SMILES string of the molecule is O=C(CC1(O)C(=O)N(CN2CCOCC2)c2ccccc21)c1cccc(Br)c1. The summed E-state index contributed by atoms with van der Waals surface area (Å²) in [6.45, 7) is 3.06. The maximum absolute atomic E-state index is 13.2. The van der Waals surface area contributed by atoms with Crippen LogP contribution in [0.3, 0.4) is 0 Å². The zero-order valence-electron chi connectivity index (χ0n) is 15.3. The molecule has 2 aliphatic heterocycles. The topological polar surface area (TPSA) is 70.1 Å². The molecule has 146 valence electrons. The number of ketones is 1. The van der Waals surface area contributed by atoms with Crippen molar-refractivity contribution in [2.75, 3.05) is 37.9 Å². The van der Waals surface area contributed by atoms with Crippen LogP contribution in [0.5, 0.6) is 0 Å². The summed E-state index contributed by atoms with van der Waals surface area (Å²) in [5.74, 6) is -0.733. The average molecular weight is 445 g/mol. The summed E-state index contributed by atoms with van der Waals surface area (Å²) in [5.41, 5.74) is -0.262. The van der Waals surface area contributed by atoms with Gasteiger partial charge in [-0.25, -0.2) is 0 Å². The Morgan fingerprint density at radius 3 is 2.64 bits per heavy atom. The lowest BCUT2D eigenvalue weighted by atomic mass is 9.88. The molecule has 1 amide bonds. The second-order valence-corrected chi connectivity index (χ2v) is 8.01. The Bertz CT molecular complexity index is 913. The number of morpholine rings is 1. The van der Waals surface area contributed by atoms with Crippen LogP contribution in [0.1, 0.15) is 22.3 Å². The number of fused-ring (bicyclic) bond motifs is 1. The van der Waals surface area contributed by atoms with Crippen molar-refractivity contribution in [3.63, 3.8) is 0 Å². The number of aliphatic hydroxyl groups is 1. The first kappa shape index (κ1) is 19.3. The van der Waals surface area contributed by atoms with Crippen LogP contribution in [0.25, 0.3) is 0 Å². The number of nitrogens with zero attached hydrogens (tertiary/aromatic N) is 2. The summed E-state index contributed by atoms with van der Waals surface area (Å²) in [6.07, 6.45) is -0.293. The number of Topliss-reactive ketones (excluding diaryl/α,β-unsaturated/α-hetero) is 1. The predicted molar refractivity (Wildman–Crippen MR) is 108 cm³/mol. The van der Waals surface area contributed by atoms with Gasteiger partial charge in [-0.1, -0.05) is 46.3 Å². The zero-order valence-corrected chi connectivity index (χ0v) is 16.9. The molecule has 1 unspecified atom stereocenters. The quantitative estimate of drug-likeness (QED) is 0.717. The van der Waals surface area contributed by atoms with E-state index in [2.05, 4.69) is 20.8 Å². The van der Waals surface area contributed by atoms with Crippen molar-refractivity contribution >= 4 is 33.3 Å². The van der Waals surface area contributed by atoms with Crippen LogP contribution >= 0.6 is 15.9 Å². The molecule has 2 heterocycles. The molecule has 0 aliphatic carbocycles. The molecular formula is C21H21BrN2O4. The summed E-state index contributed by atoms with van der Waals surface area (Å²) in [6, 6.07) is 14.1. The fourth-order valence-corrected chi connectivity index (χ4v) is 4.16. The number of hydrogen-bond acceptors (Lipinski definition) is 5. The van der Waals surface area contributed by atoms with E-state index >= 15 is 0 Å². The van der Waals surface area contributed by atoms with Crippen LogP contribution in [0, 0.1) is 0 Å². The van der Waals surface area contributed by atoms with Crippen molar-refractivity contribution in [3.8, 4) is 0 Å². The molecule has 1 atom stereocenters. The predicted octanol–water partition coefficient (Wildman–Crippen LogP) is 2.55. The normalized spacial score (nSPS) is 22.4. The van der Waals surface area contributed by atoms with Crippen LogP contribution in [0.4, 0.5) is 5.69 Å². The Hall–Kier alpha value is -2.06. The molecule has 0 saturated carbocycles. The fourth-order valence-electron chi connectivity index (χ4n) is 3.76. The molecule has 0 aromatic heterocycles. The van der Waals surface area contributed by atoms with E-state index < -0.39 is 11.5 Å². The number of anilines is 1. The molecule has 0 spiro atoms. The first-order valence-electron chi connectivity index (χ1n) is 9.22. The van der Waals surface area contributed by atoms with Gasteiger partial charge in [-0.3, -0.25) is 19.4 Å². The van der Waals surface area contributed by atoms with Crippen molar-refractivity contribution < 1.29 is 19.4 Å². The molecule has 1 fully saturated rings. The number of carbonyl (C=O) groups excluding carboxylic acids is 2. The van der Waals surface area contributed by atoms with E-state index in [0.717, 1.165) is 17.6 Å². The van der Waals surface area contributed by atoms with Crippen LogP contribution < -0.4 is 4.90 Å². The number of hydrogen-bond donors (Lipinski definition) is 1. The summed E-state index contributed by atoms with van der Waals surface area (Å²) >= 11 is 3.35. The molecule has 2 aromatic carbocycles. The third kappa shape index (κ3) is 3.51. The lowest BCUT2D eigenvalue weighted by Gasteiger charge is -2.31. The van der Waals surface area contributed by atoms with Gasteiger partial charge in [0.25, 0.3) is 5.91 Å². The van der Waals surface area contributed by atoms with Crippen LogP contribution in [0.2, 0.25) is 0 Å². The molecular weight excluding hydrogens is 424 g/mol.